The van der Waals surface area contributed by atoms with E-state index in [0.717, 1.165) is 35.9 Å². The van der Waals surface area contributed by atoms with Crippen molar-refractivity contribution in [3.8, 4) is 11.4 Å². The molecule has 2 heterocycles. The van der Waals surface area contributed by atoms with Crippen LogP contribution in [0.5, 0.6) is 0 Å². The monoisotopic (exact) mass is 341 g/mol. The molecule has 0 aliphatic rings. The lowest BCUT2D eigenvalue weighted by atomic mass is 9.98. The van der Waals surface area contributed by atoms with Crippen molar-refractivity contribution >= 4 is 17.0 Å². The molecule has 0 fully saturated rings. The van der Waals surface area contributed by atoms with Crippen molar-refractivity contribution in [2.75, 3.05) is 5.32 Å². The highest BCUT2D eigenvalue weighted by atomic mass is 32.1. The number of hydrogen-bond donors (Lipinski definition) is 1. The third-order valence-electron chi connectivity index (χ3n) is 3.74. The zero-order chi connectivity index (χ0) is 17.2. The zero-order valence-electron chi connectivity index (χ0n) is 14.6. The Morgan fingerprint density at radius 2 is 2.08 bits per heavy atom. The molecule has 0 amide bonds. The maximum absolute atomic E-state index is 4.73. The van der Waals surface area contributed by atoms with Crippen molar-refractivity contribution in [2.45, 2.75) is 46.2 Å². The Bertz CT molecular complexity index is 813. The Balaban J connectivity index is 1.72. The van der Waals surface area contributed by atoms with Crippen LogP contribution in [-0.4, -0.2) is 19.7 Å². The lowest BCUT2D eigenvalue weighted by molar-refractivity contribution is 0.583. The molecule has 3 aromatic rings. The van der Waals surface area contributed by atoms with Crippen molar-refractivity contribution in [1.82, 2.24) is 19.7 Å². The molecule has 0 radical (unpaired) electrons. The average molecular weight is 341 g/mol. The molecule has 0 saturated heterocycles. The minimum absolute atomic E-state index is 0.104. The van der Waals surface area contributed by atoms with Crippen molar-refractivity contribution in [2.24, 2.45) is 0 Å². The van der Waals surface area contributed by atoms with E-state index in [1.165, 1.54) is 5.01 Å². The summed E-state index contributed by atoms with van der Waals surface area (Å²) in [5, 5.41) is 15.0. The van der Waals surface area contributed by atoms with E-state index in [1.54, 1.807) is 17.7 Å². The lowest BCUT2D eigenvalue weighted by Crippen LogP contribution is -2.11. The van der Waals surface area contributed by atoms with Crippen LogP contribution >= 0.6 is 11.3 Å². The zero-order valence-corrected chi connectivity index (χ0v) is 15.4. The highest BCUT2D eigenvalue weighted by molar-refractivity contribution is 7.09. The van der Waals surface area contributed by atoms with Crippen LogP contribution < -0.4 is 5.32 Å². The standard InChI is InChI=1S/C18H23N5S/c1-5-23-12-20-22-16(23)13-7-6-8-14(9-13)19-10-15-11-24-17(21-15)18(2,3)4/h6-9,11-12,19H,5,10H2,1-4H3. The second kappa shape index (κ2) is 6.73. The van der Waals surface area contributed by atoms with E-state index in [1.807, 2.05) is 10.6 Å². The summed E-state index contributed by atoms with van der Waals surface area (Å²) in [6.45, 7) is 10.2. The summed E-state index contributed by atoms with van der Waals surface area (Å²) in [6, 6.07) is 8.26. The van der Waals surface area contributed by atoms with Crippen LogP contribution in [-0.2, 0) is 18.5 Å². The Kier molecular flexibility index (Phi) is 4.66. The molecular formula is C18H23N5S. The second-order valence-corrected chi connectivity index (χ2v) is 7.63. The van der Waals surface area contributed by atoms with Gasteiger partial charge in [-0.1, -0.05) is 32.9 Å². The number of aryl methyl sites for hydroxylation is 1. The smallest absolute Gasteiger partial charge is 0.163 e. The van der Waals surface area contributed by atoms with E-state index in [-0.39, 0.29) is 5.41 Å². The highest BCUT2D eigenvalue weighted by Crippen LogP contribution is 2.26. The van der Waals surface area contributed by atoms with E-state index in [0.29, 0.717) is 0 Å². The van der Waals surface area contributed by atoms with Crippen LogP contribution in [0, 0.1) is 0 Å². The summed E-state index contributed by atoms with van der Waals surface area (Å²) in [5.74, 6) is 0.893. The number of nitrogens with zero attached hydrogens (tertiary/aromatic N) is 4. The van der Waals surface area contributed by atoms with Gasteiger partial charge in [-0.05, 0) is 19.1 Å². The fraction of sp³-hybridized carbons (Fsp3) is 0.389. The van der Waals surface area contributed by atoms with E-state index >= 15 is 0 Å². The fourth-order valence-electron chi connectivity index (χ4n) is 2.40. The van der Waals surface area contributed by atoms with Crippen molar-refractivity contribution in [3.05, 3.63) is 46.7 Å². The van der Waals surface area contributed by atoms with Gasteiger partial charge in [0.15, 0.2) is 5.82 Å². The molecule has 3 rings (SSSR count). The van der Waals surface area contributed by atoms with Crippen LogP contribution in [0.25, 0.3) is 11.4 Å². The first-order valence-corrected chi connectivity index (χ1v) is 9.02. The first kappa shape index (κ1) is 16.6. The molecule has 2 aromatic heterocycles. The minimum Gasteiger partial charge on any atom is -0.379 e. The van der Waals surface area contributed by atoms with Gasteiger partial charge in [0.1, 0.15) is 6.33 Å². The third-order valence-corrected chi connectivity index (χ3v) is 5.06. The van der Waals surface area contributed by atoms with Crippen LogP contribution in [0.2, 0.25) is 0 Å². The van der Waals surface area contributed by atoms with Crippen molar-refractivity contribution in [3.63, 3.8) is 0 Å². The summed E-state index contributed by atoms with van der Waals surface area (Å²) in [4.78, 5) is 4.73. The van der Waals surface area contributed by atoms with Gasteiger partial charge in [0.2, 0.25) is 0 Å². The van der Waals surface area contributed by atoms with E-state index < -0.39 is 0 Å². The van der Waals surface area contributed by atoms with E-state index in [9.17, 15) is 0 Å². The quantitative estimate of drug-likeness (QED) is 0.750. The molecule has 0 saturated carbocycles. The maximum atomic E-state index is 4.73. The Morgan fingerprint density at radius 1 is 1.25 bits per heavy atom. The van der Waals surface area contributed by atoms with E-state index in [2.05, 4.69) is 66.8 Å². The van der Waals surface area contributed by atoms with Gasteiger partial charge in [-0.3, -0.25) is 0 Å². The number of nitrogens with one attached hydrogen (secondary N) is 1. The van der Waals surface area contributed by atoms with Gasteiger partial charge in [0.05, 0.1) is 17.2 Å². The van der Waals surface area contributed by atoms with Crippen LogP contribution in [0.4, 0.5) is 5.69 Å². The molecule has 0 aliphatic heterocycles. The topological polar surface area (TPSA) is 55.6 Å². The Morgan fingerprint density at radius 3 is 2.79 bits per heavy atom. The van der Waals surface area contributed by atoms with Crippen molar-refractivity contribution < 1.29 is 0 Å². The fourth-order valence-corrected chi connectivity index (χ4v) is 3.31. The molecule has 0 aliphatic carbocycles. The summed E-state index contributed by atoms with van der Waals surface area (Å²) in [5.41, 5.74) is 3.30. The summed E-state index contributed by atoms with van der Waals surface area (Å²) in [6.07, 6.45) is 1.76. The molecule has 1 aromatic carbocycles. The molecule has 126 valence electrons. The van der Waals surface area contributed by atoms with Crippen LogP contribution in [0.15, 0.2) is 36.0 Å². The number of anilines is 1. The molecule has 1 N–H and O–H groups in total. The van der Waals surface area contributed by atoms with Gasteiger partial charge in [-0.15, -0.1) is 21.5 Å². The lowest BCUT2D eigenvalue weighted by Gasteiger charge is -2.13. The molecule has 0 atom stereocenters. The van der Waals surface area contributed by atoms with Gasteiger partial charge < -0.3 is 9.88 Å². The predicted molar refractivity (Wildman–Crippen MR) is 99.3 cm³/mol. The molecule has 0 bridgehead atoms. The van der Waals surface area contributed by atoms with Crippen LogP contribution in [0.1, 0.15) is 38.4 Å². The number of benzene rings is 1. The number of thiazole rings is 1. The largest absolute Gasteiger partial charge is 0.379 e. The SMILES string of the molecule is CCn1cnnc1-c1cccc(NCc2csc(C(C)(C)C)n2)c1. The summed E-state index contributed by atoms with van der Waals surface area (Å²) < 4.78 is 2.04. The Labute approximate surface area is 146 Å². The molecule has 0 unspecified atom stereocenters. The van der Waals surface area contributed by atoms with Gasteiger partial charge >= 0.3 is 0 Å². The highest BCUT2D eigenvalue weighted by Gasteiger charge is 2.17. The number of hydrogen-bond acceptors (Lipinski definition) is 5. The second-order valence-electron chi connectivity index (χ2n) is 6.77. The summed E-state index contributed by atoms with van der Waals surface area (Å²) >= 11 is 1.73. The normalized spacial score (nSPS) is 11.7. The van der Waals surface area contributed by atoms with E-state index in [4.69, 9.17) is 4.98 Å². The number of rotatable bonds is 5. The van der Waals surface area contributed by atoms with Gasteiger partial charge in [-0.2, -0.15) is 0 Å². The molecule has 24 heavy (non-hydrogen) atoms. The Hall–Kier alpha value is -2.21. The molecular weight excluding hydrogens is 318 g/mol. The third kappa shape index (κ3) is 3.64. The molecule has 5 nitrogen and oxygen atoms in total. The summed E-state index contributed by atoms with van der Waals surface area (Å²) in [7, 11) is 0. The van der Waals surface area contributed by atoms with Crippen molar-refractivity contribution in [1.29, 1.82) is 0 Å². The maximum Gasteiger partial charge on any atom is 0.163 e. The minimum atomic E-state index is 0.104. The number of aromatic nitrogens is 4. The average Bonchev–Trinajstić information content (AvgIpc) is 3.21. The van der Waals surface area contributed by atoms with Gasteiger partial charge in [0.25, 0.3) is 0 Å². The first-order chi connectivity index (χ1) is 11.5. The first-order valence-electron chi connectivity index (χ1n) is 8.14. The van der Waals surface area contributed by atoms with Gasteiger partial charge in [0, 0.05) is 28.6 Å². The predicted octanol–water partition coefficient (Wildman–Crippen LogP) is 4.33. The molecule has 0 spiro atoms. The molecule has 6 heteroatoms. The van der Waals surface area contributed by atoms with Crippen LogP contribution in [0.3, 0.4) is 0 Å². The van der Waals surface area contributed by atoms with Gasteiger partial charge in [-0.25, -0.2) is 4.98 Å².